The summed E-state index contributed by atoms with van der Waals surface area (Å²) in [6, 6.07) is 21.7. The predicted octanol–water partition coefficient (Wildman–Crippen LogP) is 6.46. The number of hydrogen-bond donors (Lipinski definition) is 1. The second kappa shape index (κ2) is 9.51. The lowest BCUT2D eigenvalue weighted by Crippen LogP contribution is -2.35. The van der Waals surface area contributed by atoms with Gasteiger partial charge in [0.05, 0.1) is 52.6 Å². The van der Waals surface area contributed by atoms with Crippen LogP contribution in [0.5, 0.6) is 0 Å². The molecule has 0 spiro atoms. The minimum atomic E-state index is -4.62. The molecule has 0 unspecified atom stereocenters. The van der Waals surface area contributed by atoms with Crippen molar-refractivity contribution in [2.45, 2.75) is 31.1 Å². The number of carbonyl (C=O) groups is 2. The maximum absolute atomic E-state index is 13.8. The highest BCUT2D eigenvalue weighted by Crippen LogP contribution is 2.46. The van der Waals surface area contributed by atoms with Crippen molar-refractivity contribution in [3.8, 4) is 0 Å². The number of ether oxygens (including phenoxy) is 1. The van der Waals surface area contributed by atoms with Gasteiger partial charge >= 0.3 is 12.1 Å². The van der Waals surface area contributed by atoms with Crippen molar-refractivity contribution in [3.05, 3.63) is 113 Å². The van der Waals surface area contributed by atoms with Crippen molar-refractivity contribution < 1.29 is 27.5 Å². The number of pyridine rings is 1. The van der Waals surface area contributed by atoms with Crippen LogP contribution in [0.2, 0.25) is 0 Å². The molecule has 5 aromatic rings. The van der Waals surface area contributed by atoms with Gasteiger partial charge in [0.2, 0.25) is 0 Å². The van der Waals surface area contributed by atoms with Crippen molar-refractivity contribution >= 4 is 33.7 Å². The lowest BCUT2D eigenvalue weighted by atomic mass is 10.0. The van der Waals surface area contributed by atoms with Gasteiger partial charge in [0.25, 0.3) is 5.91 Å². The topological polar surface area (TPSA) is 73.2 Å². The molecule has 0 bridgehead atoms. The molecular formula is C31H24F3N3O3. The average Bonchev–Trinajstić information content (AvgIpc) is 3.63. The molecule has 40 heavy (non-hydrogen) atoms. The molecule has 1 aliphatic rings. The summed E-state index contributed by atoms with van der Waals surface area (Å²) < 4.78 is 48.0. The number of para-hydroxylation sites is 1. The van der Waals surface area contributed by atoms with Crippen LogP contribution in [-0.4, -0.2) is 28.5 Å². The molecule has 2 heterocycles. The maximum Gasteiger partial charge on any atom is 0.416 e. The Kier molecular flexibility index (Phi) is 6.09. The summed E-state index contributed by atoms with van der Waals surface area (Å²) in [5.74, 6) is -1.08. The quantitative estimate of drug-likeness (QED) is 0.250. The molecule has 3 aromatic carbocycles. The SMILES string of the molecule is COC(=O)c1ccc(C2(NC(=O)c3cc(C(F)(F)F)cc4ccn(Cc5ccc6ccccc6n5)c34)CC2)cc1. The zero-order chi connectivity index (χ0) is 28.1. The minimum absolute atomic E-state index is 0.0620. The number of methoxy groups -OCH3 is 1. The second-order valence-electron chi connectivity index (χ2n) is 10.0. The summed E-state index contributed by atoms with van der Waals surface area (Å²) in [5.41, 5.74) is 1.39. The number of carbonyl (C=O) groups excluding carboxylic acids is 2. The highest BCUT2D eigenvalue weighted by molar-refractivity contribution is 6.07. The Balaban J connectivity index is 1.37. The molecule has 1 fully saturated rings. The van der Waals surface area contributed by atoms with E-state index in [1.165, 1.54) is 7.11 Å². The molecule has 1 saturated carbocycles. The van der Waals surface area contributed by atoms with Gasteiger partial charge in [0.1, 0.15) is 0 Å². The molecule has 0 radical (unpaired) electrons. The van der Waals surface area contributed by atoms with Crippen molar-refractivity contribution in [2.75, 3.05) is 7.11 Å². The van der Waals surface area contributed by atoms with Gasteiger partial charge in [-0.25, -0.2) is 4.79 Å². The molecule has 1 aliphatic carbocycles. The van der Waals surface area contributed by atoms with Crippen LogP contribution in [-0.2, 0) is 23.0 Å². The molecule has 202 valence electrons. The van der Waals surface area contributed by atoms with Crippen molar-refractivity contribution in [1.82, 2.24) is 14.9 Å². The summed E-state index contributed by atoms with van der Waals surface area (Å²) in [6.07, 6.45) is -1.69. The summed E-state index contributed by atoms with van der Waals surface area (Å²) in [6.45, 7) is 0.278. The highest BCUT2D eigenvalue weighted by atomic mass is 19.4. The Labute approximate surface area is 227 Å². The largest absolute Gasteiger partial charge is 0.465 e. The smallest absolute Gasteiger partial charge is 0.416 e. The van der Waals surface area contributed by atoms with E-state index >= 15 is 0 Å². The van der Waals surface area contributed by atoms with E-state index in [2.05, 4.69) is 10.3 Å². The van der Waals surface area contributed by atoms with E-state index in [9.17, 15) is 22.8 Å². The normalized spacial score (nSPS) is 14.3. The number of nitrogens with one attached hydrogen (secondary N) is 1. The maximum atomic E-state index is 13.8. The third-order valence-corrected chi connectivity index (χ3v) is 7.38. The predicted molar refractivity (Wildman–Crippen MR) is 144 cm³/mol. The van der Waals surface area contributed by atoms with Gasteiger partial charge < -0.3 is 14.6 Å². The van der Waals surface area contributed by atoms with E-state index in [1.54, 1.807) is 41.1 Å². The zero-order valence-corrected chi connectivity index (χ0v) is 21.5. The Hall–Kier alpha value is -4.66. The number of nitrogens with zero attached hydrogens (tertiary/aromatic N) is 2. The third-order valence-electron chi connectivity index (χ3n) is 7.38. The molecule has 6 rings (SSSR count). The van der Waals surface area contributed by atoms with Crippen LogP contribution < -0.4 is 5.32 Å². The molecule has 0 saturated heterocycles. The first kappa shape index (κ1) is 25.6. The number of hydrogen-bond acceptors (Lipinski definition) is 4. The van der Waals surface area contributed by atoms with E-state index < -0.39 is 29.2 Å². The number of benzene rings is 3. The Morgan fingerprint density at radius 2 is 1.73 bits per heavy atom. The first-order chi connectivity index (χ1) is 19.2. The first-order valence-electron chi connectivity index (χ1n) is 12.7. The summed E-state index contributed by atoms with van der Waals surface area (Å²) >= 11 is 0. The summed E-state index contributed by atoms with van der Waals surface area (Å²) in [5, 5.41) is 4.28. The number of esters is 1. The van der Waals surface area contributed by atoms with E-state index in [-0.39, 0.29) is 12.1 Å². The lowest BCUT2D eigenvalue weighted by molar-refractivity contribution is -0.137. The molecule has 1 N–H and O–H groups in total. The lowest BCUT2D eigenvalue weighted by Gasteiger charge is -2.20. The zero-order valence-electron chi connectivity index (χ0n) is 21.5. The minimum Gasteiger partial charge on any atom is -0.465 e. The number of fused-ring (bicyclic) bond motifs is 2. The monoisotopic (exact) mass is 543 g/mol. The van der Waals surface area contributed by atoms with Crippen LogP contribution >= 0.6 is 0 Å². The fraction of sp³-hybridized carbons (Fsp3) is 0.194. The van der Waals surface area contributed by atoms with Gasteiger partial charge in [-0.2, -0.15) is 13.2 Å². The van der Waals surface area contributed by atoms with Gasteiger partial charge in [-0.05, 0) is 60.9 Å². The van der Waals surface area contributed by atoms with Crippen LogP contribution in [0.1, 0.15) is 50.4 Å². The van der Waals surface area contributed by atoms with E-state index in [0.29, 0.717) is 35.0 Å². The van der Waals surface area contributed by atoms with Gasteiger partial charge in [0, 0.05) is 17.0 Å². The highest BCUT2D eigenvalue weighted by Gasteiger charge is 2.46. The van der Waals surface area contributed by atoms with E-state index in [0.717, 1.165) is 28.6 Å². The summed E-state index contributed by atoms with van der Waals surface area (Å²) in [4.78, 5) is 30.2. The van der Waals surface area contributed by atoms with Crippen molar-refractivity contribution in [1.29, 1.82) is 0 Å². The number of amides is 1. The number of aromatic nitrogens is 2. The Bertz CT molecular complexity index is 1770. The van der Waals surface area contributed by atoms with Crippen LogP contribution in [0.4, 0.5) is 13.2 Å². The fourth-order valence-electron chi connectivity index (χ4n) is 5.13. The Morgan fingerprint density at radius 3 is 2.42 bits per heavy atom. The number of alkyl halides is 3. The average molecular weight is 544 g/mol. The van der Waals surface area contributed by atoms with Gasteiger partial charge in [0.15, 0.2) is 0 Å². The van der Waals surface area contributed by atoms with Gasteiger partial charge in [-0.15, -0.1) is 0 Å². The molecule has 6 nitrogen and oxygen atoms in total. The molecule has 0 atom stereocenters. The molecule has 2 aromatic heterocycles. The Morgan fingerprint density at radius 1 is 0.975 bits per heavy atom. The standard InChI is InChI=1S/C31H24F3N3O3/c1-40-29(39)20-6-9-22(10-7-20)30(13-14-30)36-28(38)25-17-23(31(32,33)34)16-21-12-15-37(27(21)25)18-24-11-8-19-4-2-3-5-26(19)35-24/h2-12,15-17H,13-14,18H2,1H3,(H,36,38). The van der Waals surface area contributed by atoms with Crippen LogP contribution in [0, 0.1) is 0 Å². The molecule has 0 aliphatic heterocycles. The van der Waals surface area contributed by atoms with E-state index in [1.807, 2.05) is 36.4 Å². The van der Waals surface area contributed by atoms with Crippen LogP contribution in [0.15, 0.2) is 85.1 Å². The number of halogens is 3. The molecule has 1 amide bonds. The van der Waals surface area contributed by atoms with Crippen molar-refractivity contribution in [3.63, 3.8) is 0 Å². The van der Waals surface area contributed by atoms with Crippen LogP contribution in [0.25, 0.3) is 21.8 Å². The van der Waals surface area contributed by atoms with Gasteiger partial charge in [-0.3, -0.25) is 9.78 Å². The second-order valence-corrected chi connectivity index (χ2v) is 10.0. The number of rotatable bonds is 6. The first-order valence-corrected chi connectivity index (χ1v) is 12.7. The van der Waals surface area contributed by atoms with E-state index in [4.69, 9.17) is 4.74 Å². The summed E-state index contributed by atoms with van der Waals surface area (Å²) in [7, 11) is 1.29. The van der Waals surface area contributed by atoms with Crippen molar-refractivity contribution in [2.24, 2.45) is 0 Å². The molecule has 9 heteroatoms. The van der Waals surface area contributed by atoms with Crippen LogP contribution in [0.3, 0.4) is 0 Å². The van der Waals surface area contributed by atoms with Gasteiger partial charge in [-0.1, -0.05) is 36.4 Å². The third kappa shape index (κ3) is 4.68. The fourth-order valence-corrected chi connectivity index (χ4v) is 5.13. The molecular weight excluding hydrogens is 519 g/mol.